The van der Waals surface area contributed by atoms with E-state index in [4.69, 9.17) is 0 Å². The molecule has 0 bridgehead atoms. The van der Waals surface area contributed by atoms with Gasteiger partial charge >= 0.3 is 0 Å². The summed E-state index contributed by atoms with van der Waals surface area (Å²) in [6.45, 7) is 0.497. The Bertz CT molecular complexity index is 553. The minimum atomic E-state index is -0.425. The molecule has 6 nitrogen and oxygen atoms in total. The quantitative estimate of drug-likeness (QED) is 0.622. The number of benzene rings is 1. The summed E-state index contributed by atoms with van der Waals surface area (Å²) in [5.74, 6) is 0. The second-order valence-electron chi connectivity index (χ2n) is 3.25. The maximum absolute atomic E-state index is 10.5. The molecule has 0 aliphatic rings. The molecule has 1 aromatic carbocycles. The van der Waals surface area contributed by atoms with E-state index in [0.29, 0.717) is 11.1 Å². The number of hydrogen-bond donors (Lipinski definition) is 0. The Morgan fingerprint density at radius 1 is 1.29 bits per heavy atom. The van der Waals surface area contributed by atoms with Gasteiger partial charge in [-0.3, -0.25) is 10.1 Å². The molecule has 0 N–H and O–H groups in total. The summed E-state index contributed by atoms with van der Waals surface area (Å²) in [5, 5.41) is 18.2. The van der Waals surface area contributed by atoms with Crippen LogP contribution in [-0.2, 0) is 6.54 Å². The van der Waals surface area contributed by atoms with Crippen LogP contribution in [0.4, 0.5) is 5.69 Å². The van der Waals surface area contributed by atoms with Crippen molar-refractivity contribution < 1.29 is 4.92 Å². The Kier molecular flexibility index (Phi) is 3.53. The molecule has 0 amide bonds. The Labute approximate surface area is 113 Å². The van der Waals surface area contributed by atoms with Crippen molar-refractivity contribution in [3.05, 3.63) is 49.1 Å². The summed E-state index contributed by atoms with van der Waals surface area (Å²) in [4.78, 5) is 10.1. The molecule has 2 rings (SSSR count). The molecular formula is C9H6Br2N4O2. The molecular weight excluding hydrogens is 356 g/mol. The molecule has 0 fully saturated rings. The second-order valence-corrected chi connectivity index (χ2v) is 4.75. The third-order valence-corrected chi connectivity index (χ3v) is 3.97. The Hall–Kier alpha value is -1.28. The molecule has 0 unspecified atom stereocenters. The lowest BCUT2D eigenvalue weighted by molar-refractivity contribution is -0.384. The van der Waals surface area contributed by atoms with Gasteiger partial charge in [-0.2, -0.15) is 0 Å². The molecule has 0 aliphatic heterocycles. The van der Waals surface area contributed by atoms with Gasteiger partial charge in [0.1, 0.15) is 4.60 Å². The van der Waals surface area contributed by atoms with Crippen LogP contribution < -0.4 is 0 Å². The molecule has 0 aliphatic carbocycles. The van der Waals surface area contributed by atoms with Crippen molar-refractivity contribution in [2.75, 3.05) is 0 Å². The minimum absolute atomic E-state index is 0.0765. The van der Waals surface area contributed by atoms with E-state index >= 15 is 0 Å². The maximum atomic E-state index is 10.5. The van der Waals surface area contributed by atoms with Gasteiger partial charge in [0.25, 0.3) is 5.69 Å². The highest BCUT2D eigenvalue weighted by Gasteiger charge is 2.09. The first-order valence-electron chi connectivity index (χ1n) is 4.56. The highest BCUT2D eigenvalue weighted by atomic mass is 79.9. The van der Waals surface area contributed by atoms with Gasteiger partial charge in [-0.1, -0.05) is 17.3 Å². The highest BCUT2D eigenvalue weighted by molar-refractivity contribution is 9.13. The molecule has 0 saturated heterocycles. The van der Waals surface area contributed by atoms with E-state index in [2.05, 4.69) is 42.2 Å². The first kappa shape index (κ1) is 12.2. The fourth-order valence-corrected chi connectivity index (χ4v) is 1.83. The molecule has 0 spiro atoms. The number of rotatable bonds is 3. The molecule has 88 valence electrons. The molecule has 1 aromatic heterocycles. The molecule has 17 heavy (non-hydrogen) atoms. The normalized spacial score (nSPS) is 10.5. The predicted octanol–water partition coefficient (Wildman–Crippen LogP) is 2.76. The van der Waals surface area contributed by atoms with Gasteiger partial charge in [-0.25, -0.2) is 4.68 Å². The van der Waals surface area contributed by atoms with Gasteiger partial charge in [0.2, 0.25) is 0 Å². The van der Waals surface area contributed by atoms with Crippen LogP contribution in [0, 0.1) is 10.1 Å². The summed E-state index contributed by atoms with van der Waals surface area (Å²) in [6, 6.07) is 6.32. The van der Waals surface area contributed by atoms with Crippen molar-refractivity contribution in [3.8, 4) is 0 Å². The van der Waals surface area contributed by atoms with Crippen molar-refractivity contribution in [1.82, 2.24) is 15.0 Å². The number of non-ortho nitro benzene ring substituents is 1. The van der Waals surface area contributed by atoms with E-state index in [9.17, 15) is 10.1 Å². The fraction of sp³-hybridized carbons (Fsp3) is 0.111. The zero-order chi connectivity index (χ0) is 12.4. The molecule has 2 aromatic rings. The van der Waals surface area contributed by atoms with Crippen LogP contribution in [0.15, 0.2) is 33.5 Å². The van der Waals surface area contributed by atoms with Crippen LogP contribution in [0.1, 0.15) is 5.56 Å². The van der Waals surface area contributed by atoms with Crippen LogP contribution in [0.25, 0.3) is 0 Å². The monoisotopic (exact) mass is 360 g/mol. The Morgan fingerprint density at radius 2 is 1.94 bits per heavy atom. The van der Waals surface area contributed by atoms with E-state index in [-0.39, 0.29) is 5.69 Å². The zero-order valence-electron chi connectivity index (χ0n) is 8.38. The first-order chi connectivity index (χ1) is 8.08. The van der Waals surface area contributed by atoms with Crippen molar-refractivity contribution in [2.24, 2.45) is 0 Å². The number of nitro benzene ring substituents is 1. The van der Waals surface area contributed by atoms with Gasteiger partial charge < -0.3 is 0 Å². The van der Waals surface area contributed by atoms with Crippen molar-refractivity contribution in [3.63, 3.8) is 0 Å². The predicted molar refractivity (Wildman–Crippen MR) is 67.6 cm³/mol. The fourth-order valence-electron chi connectivity index (χ4n) is 1.28. The van der Waals surface area contributed by atoms with Crippen molar-refractivity contribution in [1.29, 1.82) is 0 Å². The van der Waals surface area contributed by atoms with E-state index < -0.39 is 4.92 Å². The highest BCUT2D eigenvalue weighted by Crippen LogP contribution is 2.20. The standard InChI is InChI=1S/C9H6Br2N4O2/c10-8-9(11)14(13-12-8)5-6-1-3-7(4-2-6)15(16)17/h1-4H,5H2. The second kappa shape index (κ2) is 4.92. The van der Waals surface area contributed by atoms with Crippen molar-refractivity contribution >= 4 is 37.5 Å². The largest absolute Gasteiger partial charge is 0.269 e. The number of halogens is 2. The van der Waals surface area contributed by atoms with Crippen LogP contribution in [0.5, 0.6) is 0 Å². The van der Waals surface area contributed by atoms with Crippen LogP contribution in [0.2, 0.25) is 0 Å². The third kappa shape index (κ3) is 2.70. The topological polar surface area (TPSA) is 73.8 Å². The van der Waals surface area contributed by atoms with Crippen LogP contribution >= 0.6 is 31.9 Å². The molecule has 0 atom stereocenters. The minimum Gasteiger partial charge on any atom is -0.258 e. The average Bonchev–Trinajstić information content (AvgIpc) is 2.62. The van der Waals surface area contributed by atoms with Gasteiger partial charge in [-0.15, -0.1) is 5.10 Å². The van der Waals surface area contributed by atoms with Crippen molar-refractivity contribution in [2.45, 2.75) is 6.54 Å². The van der Waals surface area contributed by atoms with E-state index in [1.807, 2.05) is 0 Å². The average molecular weight is 362 g/mol. The Balaban J connectivity index is 2.19. The summed E-state index contributed by atoms with van der Waals surface area (Å²) in [6.07, 6.45) is 0. The van der Waals surface area contributed by atoms with Gasteiger partial charge in [0.15, 0.2) is 4.60 Å². The zero-order valence-corrected chi connectivity index (χ0v) is 11.5. The molecule has 0 radical (unpaired) electrons. The van der Waals surface area contributed by atoms with Gasteiger partial charge in [-0.05, 0) is 37.4 Å². The lowest BCUT2D eigenvalue weighted by Crippen LogP contribution is -2.02. The molecule has 0 saturated carbocycles. The van der Waals surface area contributed by atoms with E-state index in [1.54, 1.807) is 16.8 Å². The van der Waals surface area contributed by atoms with E-state index in [0.717, 1.165) is 10.2 Å². The Morgan fingerprint density at radius 3 is 2.41 bits per heavy atom. The summed E-state index contributed by atoms with van der Waals surface area (Å²) < 4.78 is 3.00. The smallest absolute Gasteiger partial charge is 0.258 e. The number of aromatic nitrogens is 3. The SMILES string of the molecule is O=[N+]([O-])c1ccc(Cn2nnc(Br)c2Br)cc1. The third-order valence-electron chi connectivity index (χ3n) is 2.12. The lowest BCUT2D eigenvalue weighted by atomic mass is 10.2. The molecule has 1 heterocycles. The first-order valence-corrected chi connectivity index (χ1v) is 6.14. The summed E-state index contributed by atoms with van der Waals surface area (Å²) >= 11 is 6.56. The summed E-state index contributed by atoms with van der Waals surface area (Å²) in [7, 11) is 0. The van der Waals surface area contributed by atoms with Gasteiger partial charge in [0.05, 0.1) is 11.5 Å². The van der Waals surface area contributed by atoms with Crippen LogP contribution in [0.3, 0.4) is 0 Å². The molecule has 8 heteroatoms. The van der Waals surface area contributed by atoms with E-state index in [1.165, 1.54) is 12.1 Å². The lowest BCUT2D eigenvalue weighted by Gasteiger charge is -2.02. The number of hydrogen-bond acceptors (Lipinski definition) is 4. The van der Waals surface area contributed by atoms with Gasteiger partial charge in [0, 0.05) is 12.1 Å². The van der Waals surface area contributed by atoms with Crippen LogP contribution in [-0.4, -0.2) is 19.9 Å². The number of nitrogens with zero attached hydrogens (tertiary/aromatic N) is 4. The number of nitro groups is 1. The summed E-state index contributed by atoms with van der Waals surface area (Å²) in [5.41, 5.74) is 0.987. The maximum Gasteiger partial charge on any atom is 0.269 e.